The second-order valence-corrected chi connectivity index (χ2v) is 13.0. The number of aromatic nitrogens is 2. The van der Waals surface area contributed by atoms with Crippen LogP contribution in [-0.4, -0.2) is 91.2 Å². The van der Waals surface area contributed by atoms with Gasteiger partial charge in [0.25, 0.3) is 0 Å². The van der Waals surface area contributed by atoms with Crippen LogP contribution in [0.4, 0.5) is 15.9 Å². The van der Waals surface area contributed by atoms with Crippen molar-refractivity contribution in [3.8, 4) is 6.01 Å². The standard InChI is InChI=1S/C34H39ClFN7O2/c1-6-29(44)43-17-16-42(19-24(43)18-37-3)32-25-12-15-41(28-9-7-8-23-10-11-26(36)31(35)30(23)28)20-27(25)38-33(39-32)45-21-34(13-14-34)22(2)40(4)5/h6-11,22,24H,1,12-21H2,2,4-5H3/t22-,24-/m0/s1. The van der Waals surface area contributed by atoms with Crippen LogP contribution in [0.1, 0.15) is 31.0 Å². The lowest BCUT2D eigenvalue weighted by Gasteiger charge is -2.41. The van der Waals surface area contributed by atoms with Crippen LogP contribution in [0.5, 0.6) is 6.01 Å². The number of rotatable bonds is 9. The van der Waals surface area contributed by atoms with E-state index in [2.05, 4.69) is 47.1 Å². The molecule has 2 atom stereocenters. The maximum Gasteiger partial charge on any atom is 0.318 e. The minimum absolute atomic E-state index is 0.0656. The molecule has 0 radical (unpaired) electrons. The van der Waals surface area contributed by atoms with Crippen molar-refractivity contribution in [1.82, 2.24) is 19.8 Å². The molecule has 3 heterocycles. The summed E-state index contributed by atoms with van der Waals surface area (Å²) >= 11 is 6.51. The van der Waals surface area contributed by atoms with Crippen LogP contribution < -0.4 is 14.5 Å². The van der Waals surface area contributed by atoms with E-state index in [9.17, 15) is 9.18 Å². The van der Waals surface area contributed by atoms with Gasteiger partial charge in [0.2, 0.25) is 12.5 Å². The molecule has 1 saturated heterocycles. The number of fused-ring (bicyclic) bond motifs is 2. The normalized spacial score (nSPS) is 19.7. The number of benzene rings is 2. The van der Waals surface area contributed by atoms with Crippen LogP contribution in [0, 0.1) is 17.8 Å². The first-order valence-corrected chi connectivity index (χ1v) is 15.9. The maximum absolute atomic E-state index is 14.6. The number of carbonyl (C=O) groups excluding carboxylic acids is 1. The number of carbonyl (C=O) groups is 1. The smallest absolute Gasteiger partial charge is 0.318 e. The third-order valence-electron chi connectivity index (χ3n) is 9.86. The predicted molar refractivity (Wildman–Crippen MR) is 175 cm³/mol. The summed E-state index contributed by atoms with van der Waals surface area (Å²) in [5.74, 6) is 0.184. The molecule has 45 heavy (non-hydrogen) atoms. The van der Waals surface area contributed by atoms with Crippen LogP contribution in [0.2, 0.25) is 5.02 Å². The molecule has 1 saturated carbocycles. The average Bonchev–Trinajstić information content (AvgIpc) is 3.85. The highest BCUT2D eigenvalue weighted by Crippen LogP contribution is 2.50. The molecule has 3 aliphatic rings. The number of hydrogen-bond donors (Lipinski definition) is 0. The average molecular weight is 632 g/mol. The molecule has 2 fully saturated rings. The number of anilines is 2. The Balaban J connectivity index is 1.36. The summed E-state index contributed by atoms with van der Waals surface area (Å²) in [4.78, 5) is 34.5. The van der Waals surface area contributed by atoms with E-state index in [0.29, 0.717) is 63.2 Å². The maximum atomic E-state index is 14.6. The number of piperazine rings is 1. The highest BCUT2D eigenvalue weighted by Gasteiger charge is 2.49. The Morgan fingerprint density at radius 3 is 2.76 bits per heavy atom. The molecule has 0 bridgehead atoms. The zero-order chi connectivity index (χ0) is 31.9. The minimum atomic E-state index is -0.446. The van der Waals surface area contributed by atoms with Crippen LogP contribution >= 0.6 is 11.6 Å². The molecule has 2 aliphatic heterocycles. The van der Waals surface area contributed by atoms with Gasteiger partial charge in [-0.05, 0) is 63.9 Å². The van der Waals surface area contributed by atoms with E-state index in [1.54, 1.807) is 11.0 Å². The van der Waals surface area contributed by atoms with Crippen LogP contribution in [0.3, 0.4) is 0 Å². The van der Waals surface area contributed by atoms with E-state index in [1.165, 1.54) is 12.1 Å². The number of ether oxygens (including phenoxy) is 1. The van der Waals surface area contributed by atoms with Crippen molar-refractivity contribution in [3.63, 3.8) is 0 Å². The zero-order valence-electron chi connectivity index (χ0n) is 26.1. The summed E-state index contributed by atoms with van der Waals surface area (Å²) in [6, 6.07) is 9.43. The molecule has 11 heteroatoms. The molecule has 2 aromatic carbocycles. The number of hydrogen-bond acceptors (Lipinski definition) is 7. The van der Waals surface area contributed by atoms with Gasteiger partial charge in [0.1, 0.15) is 17.7 Å². The summed E-state index contributed by atoms with van der Waals surface area (Å²) in [6.45, 7) is 16.8. The Kier molecular flexibility index (Phi) is 8.59. The van der Waals surface area contributed by atoms with Crippen molar-refractivity contribution in [1.29, 1.82) is 0 Å². The third kappa shape index (κ3) is 5.91. The first-order valence-electron chi connectivity index (χ1n) is 15.5. The van der Waals surface area contributed by atoms with Crippen LogP contribution in [0.15, 0.2) is 43.0 Å². The van der Waals surface area contributed by atoms with E-state index in [-0.39, 0.29) is 28.9 Å². The molecule has 1 amide bonds. The summed E-state index contributed by atoms with van der Waals surface area (Å²) in [5, 5.41) is 1.68. The molecule has 236 valence electrons. The Morgan fingerprint density at radius 1 is 1.24 bits per heavy atom. The highest BCUT2D eigenvalue weighted by atomic mass is 35.5. The van der Waals surface area contributed by atoms with E-state index < -0.39 is 5.82 Å². The van der Waals surface area contributed by atoms with Gasteiger partial charge in [-0.2, -0.15) is 9.97 Å². The molecular weight excluding hydrogens is 593 g/mol. The molecule has 0 spiro atoms. The van der Waals surface area contributed by atoms with Gasteiger partial charge >= 0.3 is 6.01 Å². The summed E-state index contributed by atoms with van der Waals surface area (Å²) in [7, 11) is 4.18. The largest absolute Gasteiger partial charge is 0.463 e. The van der Waals surface area contributed by atoms with Gasteiger partial charge in [0, 0.05) is 54.3 Å². The van der Waals surface area contributed by atoms with Gasteiger partial charge in [-0.15, -0.1) is 0 Å². The van der Waals surface area contributed by atoms with Crippen molar-refractivity contribution < 1.29 is 13.9 Å². The fraction of sp³-hybridized carbons (Fsp3) is 0.471. The zero-order valence-corrected chi connectivity index (χ0v) is 26.9. The molecule has 1 aliphatic carbocycles. The number of amides is 1. The van der Waals surface area contributed by atoms with E-state index in [4.69, 9.17) is 32.9 Å². The third-order valence-corrected chi connectivity index (χ3v) is 10.2. The van der Waals surface area contributed by atoms with Crippen LogP contribution in [0.25, 0.3) is 15.6 Å². The lowest BCUT2D eigenvalue weighted by Crippen LogP contribution is -2.56. The van der Waals surface area contributed by atoms with Crippen molar-refractivity contribution in [2.75, 3.05) is 63.2 Å². The molecule has 6 rings (SSSR count). The Labute approximate surface area is 269 Å². The summed E-state index contributed by atoms with van der Waals surface area (Å²) in [5.41, 5.74) is 2.80. The molecule has 1 aromatic heterocycles. The molecule has 9 nitrogen and oxygen atoms in total. The number of nitrogens with zero attached hydrogens (tertiary/aromatic N) is 7. The lowest BCUT2D eigenvalue weighted by atomic mass is 9.98. The van der Waals surface area contributed by atoms with Crippen molar-refractivity contribution in [2.24, 2.45) is 5.41 Å². The quantitative estimate of drug-likeness (QED) is 0.237. The van der Waals surface area contributed by atoms with Gasteiger partial charge in [0.15, 0.2) is 0 Å². The molecule has 3 aromatic rings. The lowest BCUT2D eigenvalue weighted by molar-refractivity contribution is -0.128. The predicted octanol–water partition coefficient (Wildman–Crippen LogP) is 5.22. The molecule has 0 N–H and O–H groups in total. The van der Waals surface area contributed by atoms with Gasteiger partial charge in [-0.1, -0.05) is 36.4 Å². The summed E-state index contributed by atoms with van der Waals surface area (Å²) in [6.07, 6.45) is 4.16. The Morgan fingerprint density at radius 2 is 2.04 bits per heavy atom. The second-order valence-electron chi connectivity index (χ2n) is 12.6. The number of halogens is 2. The highest BCUT2D eigenvalue weighted by molar-refractivity contribution is 6.36. The van der Waals surface area contributed by atoms with Crippen molar-refractivity contribution in [3.05, 3.63) is 76.5 Å². The SMILES string of the molecule is [C-]#[N+]C[C@H]1CN(c2nc(OCC3([C@H](C)N(C)C)CC3)nc3c2CCN(c2cccc4ccc(F)c(Cl)c24)C3)CCN1C(=O)C=C. The fourth-order valence-electron chi connectivity index (χ4n) is 6.79. The fourth-order valence-corrected chi connectivity index (χ4v) is 7.06. The second kappa shape index (κ2) is 12.5. The van der Waals surface area contributed by atoms with Gasteiger partial charge in [0.05, 0.1) is 23.9 Å². The van der Waals surface area contributed by atoms with Crippen LogP contribution in [-0.2, 0) is 17.8 Å². The molecule has 0 unspecified atom stereocenters. The monoisotopic (exact) mass is 631 g/mol. The van der Waals surface area contributed by atoms with Crippen molar-refractivity contribution >= 4 is 39.8 Å². The van der Waals surface area contributed by atoms with E-state index in [0.717, 1.165) is 41.0 Å². The van der Waals surface area contributed by atoms with E-state index >= 15 is 0 Å². The van der Waals surface area contributed by atoms with Gasteiger partial charge in [-0.25, -0.2) is 11.0 Å². The Hall–Kier alpha value is -3.94. The van der Waals surface area contributed by atoms with Gasteiger partial charge in [-0.3, -0.25) is 4.79 Å². The van der Waals surface area contributed by atoms with E-state index in [1.807, 2.05) is 18.2 Å². The van der Waals surface area contributed by atoms with Gasteiger partial charge < -0.3 is 29.2 Å². The van der Waals surface area contributed by atoms with Crippen molar-refractivity contribution in [2.45, 2.75) is 44.8 Å². The summed E-state index contributed by atoms with van der Waals surface area (Å²) < 4.78 is 21.0. The first-order chi connectivity index (χ1) is 21.7. The molecular formula is C34H39ClFN7O2. The minimum Gasteiger partial charge on any atom is -0.463 e. The Bertz CT molecular complexity index is 1670. The first kappa shape index (κ1) is 31.1. The topological polar surface area (TPSA) is 69.4 Å².